The van der Waals surface area contributed by atoms with Gasteiger partial charge in [-0.05, 0) is 23.4 Å². The van der Waals surface area contributed by atoms with Gasteiger partial charge in [0.05, 0.1) is 0 Å². The maximum atomic E-state index is 12.0. The molecule has 1 aliphatic rings. The van der Waals surface area contributed by atoms with Crippen LogP contribution in [-0.2, 0) is 37.5 Å². The summed E-state index contributed by atoms with van der Waals surface area (Å²) in [5.41, 5.74) is 1.56. The van der Waals surface area contributed by atoms with E-state index in [9.17, 15) is 4.79 Å². The quantitative estimate of drug-likeness (QED) is 0.571. The normalized spacial score (nSPS) is 18.1. The van der Waals surface area contributed by atoms with Gasteiger partial charge < -0.3 is 9.64 Å². The Balaban J connectivity index is 0.00000220. The number of hydrogen-bond acceptors (Lipinski definition) is 3. The zero-order chi connectivity index (χ0) is 14.7. The van der Waals surface area contributed by atoms with Crippen molar-refractivity contribution in [3.05, 3.63) is 34.9 Å². The molecular formula is C15H17ClNO2SY-. The largest absolute Gasteiger partial charge is 0.483 e. The average Bonchev–Trinajstić information content (AvgIpc) is 2.44. The molecule has 1 aromatic carbocycles. The predicted octanol–water partition coefficient (Wildman–Crippen LogP) is 3.68. The maximum Gasteiger partial charge on any atom is 0.225 e. The van der Waals surface area contributed by atoms with Crippen LogP contribution in [-0.4, -0.2) is 30.0 Å². The molecule has 1 aliphatic heterocycles. The molecule has 2 rings (SSSR count). The molecule has 1 amide bonds. The van der Waals surface area contributed by atoms with E-state index in [2.05, 4.69) is 6.08 Å². The molecular weight excluding hydrogens is 383 g/mol. The number of amides is 1. The Labute approximate surface area is 160 Å². The molecule has 1 aromatic rings. The van der Waals surface area contributed by atoms with Crippen molar-refractivity contribution >= 4 is 35.0 Å². The van der Waals surface area contributed by atoms with E-state index in [4.69, 9.17) is 16.3 Å². The molecule has 6 heteroatoms. The Kier molecular flexibility index (Phi) is 7.76. The smallest absolute Gasteiger partial charge is 0.225 e. The second-order valence-corrected chi connectivity index (χ2v) is 5.94. The number of ether oxygens (including phenoxy) is 1. The summed E-state index contributed by atoms with van der Waals surface area (Å²) < 4.78 is 5.51. The molecule has 0 saturated heterocycles. The summed E-state index contributed by atoms with van der Waals surface area (Å²) in [6, 6.07) is 5.51. The number of hydrogen-bond donors (Lipinski definition) is 0. The molecule has 3 nitrogen and oxygen atoms in total. The zero-order valence-corrected chi connectivity index (χ0v) is 16.8. The van der Waals surface area contributed by atoms with Gasteiger partial charge in [-0.1, -0.05) is 13.3 Å². The number of benzene rings is 1. The third kappa shape index (κ3) is 4.47. The predicted molar refractivity (Wildman–Crippen MR) is 83.7 cm³/mol. The van der Waals surface area contributed by atoms with E-state index in [0.29, 0.717) is 17.4 Å². The summed E-state index contributed by atoms with van der Waals surface area (Å²) in [6.45, 7) is 1.91. The first-order valence-electron chi connectivity index (χ1n) is 6.34. The van der Waals surface area contributed by atoms with Crippen molar-refractivity contribution in [3.63, 3.8) is 0 Å². The van der Waals surface area contributed by atoms with Gasteiger partial charge in [-0.25, -0.2) is 6.08 Å². The van der Waals surface area contributed by atoms with Gasteiger partial charge in [-0.2, -0.15) is 0 Å². The minimum Gasteiger partial charge on any atom is -0.483 e. The monoisotopic (exact) mass is 399 g/mol. The molecule has 1 atom stereocenters. The molecule has 21 heavy (non-hydrogen) atoms. The van der Waals surface area contributed by atoms with E-state index < -0.39 is 0 Å². The van der Waals surface area contributed by atoms with Crippen LogP contribution >= 0.6 is 23.4 Å². The molecule has 111 valence electrons. The van der Waals surface area contributed by atoms with Crippen molar-refractivity contribution < 1.29 is 42.2 Å². The number of thioether (sulfide) groups is 1. The molecule has 0 aliphatic carbocycles. The summed E-state index contributed by atoms with van der Waals surface area (Å²) >= 11 is 7.91. The summed E-state index contributed by atoms with van der Waals surface area (Å²) in [5, 5.41) is 0.570. The second kappa shape index (κ2) is 8.57. The van der Waals surface area contributed by atoms with Crippen LogP contribution in [0.4, 0.5) is 0 Å². The third-order valence-corrected chi connectivity index (χ3v) is 3.87. The van der Waals surface area contributed by atoms with Crippen molar-refractivity contribution in [1.29, 1.82) is 0 Å². The Morgan fingerprint density at radius 2 is 2.24 bits per heavy atom. The van der Waals surface area contributed by atoms with Crippen molar-refractivity contribution in [1.82, 2.24) is 4.90 Å². The van der Waals surface area contributed by atoms with Crippen molar-refractivity contribution in [2.24, 2.45) is 5.92 Å². The van der Waals surface area contributed by atoms with E-state index in [1.165, 1.54) is 0 Å². The topological polar surface area (TPSA) is 29.5 Å². The van der Waals surface area contributed by atoms with Crippen LogP contribution in [0.15, 0.2) is 18.2 Å². The number of carbonyl (C=O) groups is 1. The van der Waals surface area contributed by atoms with E-state index in [1.807, 2.05) is 25.3 Å². The Morgan fingerprint density at radius 3 is 2.86 bits per heavy atom. The first-order chi connectivity index (χ1) is 9.54. The molecule has 0 saturated carbocycles. The van der Waals surface area contributed by atoms with Crippen LogP contribution in [0.1, 0.15) is 18.9 Å². The Bertz CT molecular complexity index is 550. The van der Waals surface area contributed by atoms with Crippen LogP contribution < -0.4 is 4.74 Å². The van der Waals surface area contributed by atoms with Crippen molar-refractivity contribution in [2.45, 2.75) is 13.3 Å². The van der Waals surface area contributed by atoms with E-state index in [0.717, 1.165) is 17.0 Å². The zero-order valence-electron chi connectivity index (χ0n) is 12.4. The van der Waals surface area contributed by atoms with Gasteiger partial charge in [0.25, 0.3) is 0 Å². The fraction of sp³-hybridized carbons (Fsp3) is 0.400. The van der Waals surface area contributed by atoms with Gasteiger partial charge in [0.1, 0.15) is 11.7 Å². The minimum absolute atomic E-state index is 0. The summed E-state index contributed by atoms with van der Waals surface area (Å²) in [5.74, 6) is 1.39. The van der Waals surface area contributed by atoms with Crippen LogP contribution in [0, 0.1) is 12.0 Å². The summed E-state index contributed by atoms with van der Waals surface area (Å²) in [7, 11) is 1.76. The Morgan fingerprint density at radius 1 is 1.52 bits per heavy atom. The number of nitrogens with zero attached hydrogens (tertiary/aromatic N) is 1. The first kappa shape index (κ1) is 19.0. The van der Waals surface area contributed by atoms with E-state index in [-0.39, 0.29) is 44.5 Å². The second-order valence-electron chi connectivity index (χ2n) is 4.72. The Hall–Kier alpha value is -0.0261. The summed E-state index contributed by atoms with van der Waals surface area (Å²) in [4.78, 5) is 13.6. The van der Waals surface area contributed by atoms with Crippen LogP contribution in [0.2, 0.25) is 5.02 Å². The van der Waals surface area contributed by atoms with Crippen LogP contribution in [0.5, 0.6) is 5.75 Å². The van der Waals surface area contributed by atoms with Crippen LogP contribution in [0.25, 0.3) is 5.70 Å². The van der Waals surface area contributed by atoms with Gasteiger partial charge in [0, 0.05) is 45.7 Å². The SMILES string of the molecule is CSCOc1ccc(C2=[C-]CC(C)C(=O)N2C)c(Cl)c1.[Y]. The van der Waals surface area contributed by atoms with Gasteiger partial charge >= 0.3 is 0 Å². The van der Waals surface area contributed by atoms with Gasteiger partial charge in [0.2, 0.25) is 5.91 Å². The fourth-order valence-electron chi connectivity index (χ4n) is 2.08. The minimum atomic E-state index is -0.0216. The fourth-order valence-corrected chi connectivity index (χ4v) is 2.59. The number of allylic oxidation sites excluding steroid dienone is 1. The van der Waals surface area contributed by atoms with Gasteiger partial charge in [-0.3, -0.25) is 4.79 Å². The van der Waals surface area contributed by atoms with Crippen LogP contribution in [0.3, 0.4) is 0 Å². The molecule has 1 radical (unpaired) electrons. The average molecular weight is 400 g/mol. The number of halogens is 1. The molecule has 0 fully saturated rings. The first-order valence-corrected chi connectivity index (χ1v) is 8.11. The number of rotatable bonds is 4. The van der Waals surface area contributed by atoms with Gasteiger partial charge in [0.15, 0.2) is 0 Å². The number of carbonyl (C=O) groups excluding carboxylic acids is 1. The molecule has 0 spiro atoms. The van der Waals surface area contributed by atoms with Gasteiger partial charge in [-0.15, -0.1) is 40.7 Å². The van der Waals surface area contributed by atoms with Crippen molar-refractivity contribution in [2.75, 3.05) is 19.2 Å². The molecule has 1 heterocycles. The molecule has 0 bridgehead atoms. The molecule has 0 N–H and O–H groups in total. The maximum absolute atomic E-state index is 12.0. The third-order valence-electron chi connectivity index (χ3n) is 3.20. The van der Waals surface area contributed by atoms with E-state index >= 15 is 0 Å². The van der Waals surface area contributed by atoms with E-state index in [1.54, 1.807) is 29.8 Å². The standard InChI is InChI=1S/C15H17ClNO2S.Y/c1-10-4-7-14(17(2)15(10)18)12-6-5-11(8-13(12)16)19-9-20-3;/h5-6,8,10H,4,9H2,1-3H3;/q-1;. The molecule has 0 aromatic heterocycles. The molecule has 1 unspecified atom stereocenters. The summed E-state index contributed by atoms with van der Waals surface area (Å²) in [6.07, 6.45) is 5.86. The van der Waals surface area contributed by atoms with Crippen molar-refractivity contribution in [3.8, 4) is 5.75 Å².